The summed E-state index contributed by atoms with van der Waals surface area (Å²) in [7, 11) is 0. The van der Waals surface area contributed by atoms with Crippen molar-refractivity contribution in [3.05, 3.63) is 146 Å². The van der Waals surface area contributed by atoms with Crippen molar-refractivity contribution in [3.8, 4) is 11.1 Å². The average molecular weight is 768 g/mol. The molecule has 4 aromatic carbocycles. The van der Waals surface area contributed by atoms with E-state index in [4.69, 9.17) is 23.2 Å². The van der Waals surface area contributed by atoms with Gasteiger partial charge in [0.25, 0.3) is 0 Å². The monoisotopic (exact) mass is 764 g/mol. The summed E-state index contributed by atoms with van der Waals surface area (Å²) in [6.45, 7) is 18.8. The van der Waals surface area contributed by atoms with Crippen LogP contribution in [0.5, 0.6) is 0 Å². The topological polar surface area (TPSA) is 0 Å². The number of allylic oxidation sites excluding steroid dienone is 4. The number of fused-ring (bicyclic) bond motifs is 3. The van der Waals surface area contributed by atoms with Gasteiger partial charge in [0, 0.05) is 0 Å². The summed E-state index contributed by atoms with van der Waals surface area (Å²) < 4.78 is 3.57. The molecular formula is C41H42Cl4Zr. The van der Waals surface area contributed by atoms with E-state index in [1.165, 1.54) is 53.3 Å². The van der Waals surface area contributed by atoms with Crippen molar-refractivity contribution in [1.29, 1.82) is 0 Å². The normalized spacial score (nSPS) is 13.4. The predicted molar refractivity (Wildman–Crippen MR) is 189 cm³/mol. The van der Waals surface area contributed by atoms with E-state index in [0.29, 0.717) is 3.63 Å². The SMILES string of the molecule is Cc1cc2c(cc1C(C)(C)C)-c1cc(C(C)(C)C)c(C)[c]([Zr+2](=[C](c3ccc(Cl)cc3)c3ccc(Cl)cc3)[CH]3C=CC=C3)c1C2.[Cl-].[Cl-]. The van der Waals surface area contributed by atoms with E-state index in [2.05, 4.69) is 122 Å². The van der Waals surface area contributed by atoms with Crippen LogP contribution in [0.1, 0.15) is 86.1 Å². The molecule has 0 nitrogen and oxygen atoms in total. The molecule has 2 aliphatic carbocycles. The molecular weight excluding hydrogens is 725 g/mol. The molecule has 4 aromatic rings. The zero-order chi connectivity index (χ0) is 31.6. The zero-order valence-corrected chi connectivity index (χ0v) is 33.4. The molecule has 238 valence electrons. The molecule has 2 aliphatic rings. The van der Waals surface area contributed by atoms with Crippen molar-refractivity contribution in [2.24, 2.45) is 0 Å². The van der Waals surface area contributed by atoms with Gasteiger partial charge in [-0.3, -0.25) is 0 Å². The Morgan fingerprint density at radius 2 is 1.15 bits per heavy atom. The first kappa shape index (κ1) is 37.1. The molecule has 0 amide bonds. The summed E-state index contributed by atoms with van der Waals surface area (Å²) in [6, 6.07) is 24.6. The van der Waals surface area contributed by atoms with Crippen LogP contribution in [-0.2, 0) is 38.5 Å². The fourth-order valence-electron chi connectivity index (χ4n) is 7.36. The first-order chi connectivity index (χ1) is 20.7. The summed E-state index contributed by atoms with van der Waals surface area (Å²) in [4.78, 5) is 0. The number of halogens is 4. The second kappa shape index (κ2) is 14.0. The number of hydrogen-bond donors (Lipinski definition) is 0. The van der Waals surface area contributed by atoms with Crippen LogP contribution < -0.4 is 28.1 Å². The van der Waals surface area contributed by atoms with Crippen LogP contribution in [-0.4, -0.2) is 3.21 Å². The van der Waals surface area contributed by atoms with Gasteiger partial charge >= 0.3 is 284 Å². The van der Waals surface area contributed by atoms with E-state index in [1.54, 1.807) is 8.83 Å². The number of rotatable bonds is 4. The Morgan fingerprint density at radius 1 is 0.674 bits per heavy atom. The zero-order valence-electron chi connectivity index (χ0n) is 28.0. The van der Waals surface area contributed by atoms with Crippen molar-refractivity contribution in [3.63, 3.8) is 0 Å². The van der Waals surface area contributed by atoms with Gasteiger partial charge in [0.15, 0.2) is 0 Å². The number of benzene rings is 4. The maximum atomic E-state index is 6.46. The largest absolute Gasteiger partial charge is 1.00 e. The first-order valence-corrected chi connectivity index (χ1v) is 20.3. The Hall–Kier alpha value is -1.73. The van der Waals surface area contributed by atoms with Crippen LogP contribution in [0.4, 0.5) is 0 Å². The summed E-state index contributed by atoms with van der Waals surface area (Å²) in [5.74, 6) is 0. The fraction of sp³-hybridized carbons (Fsp3) is 0.293. The Kier molecular flexibility index (Phi) is 11.3. The quantitative estimate of drug-likeness (QED) is 0.236. The first-order valence-electron chi connectivity index (χ1n) is 15.7. The van der Waals surface area contributed by atoms with E-state index in [1.807, 2.05) is 24.3 Å². The minimum Gasteiger partial charge on any atom is -1.00 e. The smallest absolute Gasteiger partial charge is 1.00 e. The number of hydrogen-bond acceptors (Lipinski definition) is 0. The molecule has 0 heterocycles. The van der Waals surface area contributed by atoms with Crippen LogP contribution >= 0.6 is 23.2 Å². The van der Waals surface area contributed by atoms with Crippen molar-refractivity contribution in [2.45, 2.75) is 76.3 Å². The molecule has 0 unspecified atom stereocenters. The maximum Gasteiger partial charge on any atom is -1.00 e. The van der Waals surface area contributed by atoms with Crippen LogP contribution in [0.2, 0.25) is 13.7 Å². The molecule has 0 spiro atoms. The molecule has 0 N–H and O–H groups in total. The van der Waals surface area contributed by atoms with E-state index in [0.717, 1.165) is 16.5 Å². The van der Waals surface area contributed by atoms with Crippen LogP contribution in [0.25, 0.3) is 11.1 Å². The molecule has 0 fully saturated rings. The minimum absolute atomic E-state index is 0. The van der Waals surface area contributed by atoms with Gasteiger partial charge in [-0.2, -0.15) is 0 Å². The van der Waals surface area contributed by atoms with Gasteiger partial charge in [-0.25, -0.2) is 0 Å². The van der Waals surface area contributed by atoms with Crippen molar-refractivity contribution in [1.82, 2.24) is 0 Å². The van der Waals surface area contributed by atoms with Gasteiger partial charge in [-0.15, -0.1) is 0 Å². The van der Waals surface area contributed by atoms with Crippen LogP contribution in [0.3, 0.4) is 0 Å². The van der Waals surface area contributed by atoms with Crippen LogP contribution in [0, 0.1) is 13.8 Å². The molecule has 46 heavy (non-hydrogen) atoms. The second-order valence-electron chi connectivity index (χ2n) is 14.5. The molecule has 5 heteroatoms. The van der Waals surface area contributed by atoms with E-state index in [9.17, 15) is 0 Å². The average Bonchev–Trinajstić information content (AvgIpc) is 3.59. The molecule has 0 bridgehead atoms. The summed E-state index contributed by atoms with van der Waals surface area (Å²) >= 11 is 10.1. The Bertz CT molecular complexity index is 1800. The molecule has 6 rings (SSSR count). The van der Waals surface area contributed by atoms with Gasteiger partial charge in [0.05, 0.1) is 0 Å². The van der Waals surface area contributed by atoms with Crippen molar-refractivity contribution >= 4 is 29.7 Å². The van der Waals surface area contributed by atoms with Crippen molar-refractivity contribution in [2.75, 3.05) is 0 Å². The Labute approximate surface area is 306 Å². The van der Waals surface area contributed by atoms with Gasteiger partial charge in [0.2, 0.25) is 0 Å². The van der Waals surface area contributed by atoms with Gasteiger partial charge < -0.3 is 24.8 Å². The molecule has 0 saturated carbocycles. The standard InChI is InChI=1S/C23H29.C13H8Cl2.C5H5.2ClH.Zr/c1-14-9-16-11-17-10-15(2)21(23(6,7)8)13-19(17)18(16)12-20(14)22(3,4)5;14-12-5-1-10(2-6-12)9-11-3-7-13(15)8-4-11;1-2-4-5-3-1;;;/h9,12-13H,11H2,1-8H3;1-8H;1-5H;2*1H;/q;;;;;+2/p-2. The van der Waals surface area contributed by atoms with E-state index >= 15 is 0 Å². The Balaban J connectivity index is 0.00000240. The molecule has 0 radical (unpaired) electrons. The third-order valence-electron chi connectivity index (χ3n) is 9.30. The maximum absolute atomic E-state index is 6.46. The van der Waals surface area contributed by atoms with Crippen molar-refractivity contribution < 1.29 is 46.1 Å². The second-order valence-corrected chi connectivity index (χ2v) is 21.6. The molecule has 0 aliphatic heterocycles. The van der Waals surface area contributed by atoms with Gasteiger partial charge in [-0.05, 0) is 0 Å². The van der Waals surface area contributed by atoms with E-state index < -0.39 is 21.3 Å². The fourth-order valence-corrected chi connectivity index (χ4v) is 16.4. The Morgan fingerprint density at radius 3 is 1.63 bits per heavy atom. The number of aryl methyl sites for hydroxylation is 1. The molecule has 0 saturated heterocycles. The summed E-state index contributed by atoms with van der Waals surface area (Å²) in [5, 5.41) is 1.53. The summed E-state index contributed by atoms with van der Waals surface area (Å²) in [5.41, 5.74) is 14.4. The predicted octanol–water partition coefficient (Wildman–Crippen LogP) is 5.21. The summed E-state index contributed by atoms with van der Waals surface area (Å²) in [6.07, 6.45) is 10.4. The third-order valence-corrected chi connectivity index (χ3v) is 18.1. The molecule has 0 aromatic heterocycles. The minimum atomic E-state index is -2.82. The molecule has 0 atom stereocenters. The van der Waals surface area contributed by atoms with Gasteiger partial charge in [-0.1, -0.05) is 0 Å². The van der Waals surface area contributed by atoms with Gasteiger partial charge in [0.1, 0.15) is 0 Å². The van der Waals surface area contributed by atoms with E-state index in [-0.39, 0.29) is 35.6 Å². The van der Waals surface area contributed by atoms with Crippen LogP contribution in [0.15, 0.2) is 91.0 Å². The third kappa shape index (κ3) is 7.02.